The molecule has 130 valence electrons. The number of benzene rings is 2. The Bertz CT molecular complexity index is 634. The van der Waals surface area contributed by atoms with Crippen LogP contribution in [0.25, 0.3) is 0 Å². The van der Waals surface area contributed by atoms with E-state index in [0.717, 1.165) is 24.9 Å². The third kappa shape index (κ3) is 5.22. The molecule has 2 aromatic rings. The van der Waals surface area contributed by atoms with Crippen molar-refractivity contribution in [1.29, 1.82) is 0 Å². The highest BCUT2D eigenvalue weighted by atomic mass is 19.1. The van der Waals surface area contributed by atoms with Gasteiger partial charge in [-0.3, -0.25) is 0 Å². The second-order valence-corrected chi connectivity index (χ2v) is 5.44. The van der Waals surface area contributed by atoms with Crippen LogP contribution in [0.1, 0.15) is 24.0 Å². The lowest BCUT2D eigenvalue weighted by molar-refractivity contribution is 0.275. The summed E-state index contributed by atoms with van der Waals surface area (Å²) in [4.78, 5) is 0. The molecule has 0 saturated carbocycles. The Kier molecular flexibility index (Phi) is 7.52. The number of aliphatic hydroxyl groups is 1. The van der Waals surface area contributed by atoms with Crippen LogP contribution in [0.5, 0.6) is 11.5 Å². The number of unbranched alkanes of at least 4 members (excludes halogenated alkanes) is 1. The van der Waals surface area contributed by atoms with Crippen molar-refractivity contribution >= 4 is 0 Å². The Balaban J connectivity index is 2.04. The minimum atomic E-state index is -0.281. The van der Waals surface area contributed by atoms with Crippen LogP contribution in [0.4, 0.5) is 4.39 Å². The number of ether oxygens (including phenoxy) is 2. The summed E-state index contributed by atoms with van der Waals surface area (Å²) in [5, 5.41) is 12.1. The summed E-state index contributed by atoms with van der Waals surface area (Å²) in [5.41, 5.74) is 1.46. The maximum atomic E-state index is 13.8. The molecule has 5 heteroatoms. The molecule has 2 aromatic carbocycles. The van der Waals surface area contributed by atoms with Crippen molar-refractivity contribution in [3.8, 4) is 11.5 Å². The van der Waals surface area contributed by atoms with E-state index in [1.165, 1.54) is 6.07 Å². The Morgan fingerprint density at radius 2 is 1.83 bits per heavy atom. The molecule has 0 aliphatic rings. The van der Waals surface area contributed by atoms with Gasteiger partial charge in [-0.1, -0.05) is 30.3 Å². The Hall–Kier alpha value is -2.11. The van der Waals surface area contributed by atoms with E-state index in [9.17, 15) is 4.39 Å². The van der Waals surface area contributed by atoms with Crippen molar-refractivity contribution in [3.63, 3.8) is 0 Å². The van der Waals surface area contributed by atoms with E-state index < -0.39 is 0 Å². The summed E-state index contributed by atoms with van der Waals surface area (Å²) in [7, 11) is 1.59. The molecule has 24 heavy (non-hydrogen) atoms. The molecule has 0 bridgehead atoms. The first-order valence-corrected chi connectivity index (χ1v) is 8.10. The SMILES string of the molecule is COc1cccc(CNCCCCO)c1OCc1ccccc1F. The van der Waals surface area contributed by atoms with E-state index in [0.29, 0.717) is 23.6 Å². The Labute approximate surface area is 142 Å². The fourth-order valence-electron chi connectivity index (χ4n) is 2.38. The van der Waals surface area contributed by atoms with Gasteiger partial charge < -0.3 is 19.9 Å². The van der Waals surface area contributed by atoms with Crippen LogP contribution in [0.3, 0.4) is 0 Å². The zero-order chi connectivity index (χ0) is 17.2. The first kappa shape index (κ1) is 18.2. The third-order valence-corrected chi connectivity index (χ3v) is 3.69. The normalized spacial score (nSPS) is 10.6. The Morgan fingerprint density at radius 1 is 1.04 bits per heavy atom. The highest BCUT2D eigenvalue weighted by Crippen LogP contribution is 2.32. The number of methoxy groups -OCH3 is 1. The van der Waals surface area contributed by atoms with E-state index in [-0.39, 0.29) is 19.0 Å². The van der Waals surface area contributed by atoms with Crippen molar-refractivity contribution in [2.75, 3.05) is 20.3 Å². The number of para-hydroxylation sites is 1. The molecule has 0 spiro atoms. The van der Waals surface area contributed by atoms with Crippen LogP contribution < -0.4 is 14.8 Å². The van der Waals surface area contributed by atoms with Gasteiger partial charge in [0.05, 0.1) is 7.11 Å². The summed E-state index contributed by atoms with van der Waals surface area (Å²) < 4.78 is 25.0. The topological polar surface area (TPSA) is 50.7 Å². The highest BCUT2D eigenvalue weighted by molar-refractivity contribution is 5.46. The standard InChI is InChI=1S/C19H24FNO3/c1-23-18-10-6-8-15(13-21-11-4-5-12-22)19(18)24-14-16-7-2-3-9-17(16)20/h2-3,6-10,21-22H,4-5,11-14H2,1H3. The number of hydrogen-bond donors (Lipinski definition) is 2. The lowest BCUT2D eigenvalue weighted by Crippen LogP contribution is -2.16. The second kappa shape index (κ2) is 9.90. The maximum Gasteiger partial charge on any atom is 0.166 e. The van der Waals surface area contributed by atoms with Crippen LogP contribution in [0.15, 0.2) is 42.5 Å². The maximum absolute atomic E-state index is 13.8. The van der Waals surface area contributed by atoms with Gasteiger partial charge >= 0.3 is 0 Å². The van der Waals surface area contributed by atoms with Crippen molar-refractivity contribution in [2.24, 2.45) is 0 Å². The van der Waals surface area contributed by atoms with Crippen LogP contribution >= 0.6 is 0 Å². The van der Waals surface area contributed by atoms with Crippen LogP contribution in [-0.2, 0) is 13.2 Å². The molecule has 2 N–H and O–H groups in total. The summed E-state index contributed by atoms with van der Waals surface area (Å²) in [6, 6.07) is 12.3. The lowest BCUT2D eigenvalue weighted by Gasteiger charge is -2.16. The van der Waals surface area contributed by atoms with Gasteiger partial charge in [-0.15, -0.1) is 0 Å². The van der Waals surface area contributed by atoms with Crippen LogP contribution in [0.2, 0.25) is 0 Å². The molecular formula is C19H24FNO3. The average Bonchev–Trinajstić information content (AvgIpc) is 2.61. The fourth-order valence-corrected chi connectivity index (χ4v) is 2.38. The number of rotatable bonds is 10. The third-order valence-electron chi connectivity index (χ3n) is 3.69. The number of aliphatic hydroxyl groups excluding tert-OH is 1. The molecule has 0 heterocycles. The second-order valence-electron chi connectivity index (χ2n) is 5.44. The summed E-state index contributed by atoms with van der Waals surface area (Å²) in [6.07, 6.45) is 1.69. The van der Waals surface area contributed by atoms with Gasteiger partial charge in [-0.05, 0) is 31.5 Å². The first-order chi connectivity index (χ1) is 11.8. The fraction of sp³-hybridized carbons (Fsp3) is 0.368. The molecule has 0 aliphatic carbocycles. The number of nitrogens with one attached hydrogen (secondary N) is 1. The van der Waals surface area contributed by atoms with Crippen molar-refractivity contribution in [1.82, 2.24) is 5.32 Å². The van der Waals surface area contributed by atoms with Gasteiger partial charge in [-0.2, -0.15) is 0 Å². The molecule has 0 aliphatic heterocycles. The van der Waals surface area contributed by atoms with E-state index in [4.69, 9.17) is 14.6 Å². The molecule has 0 saturated heterocycles. The quantitative estimate of drug-likeness (QED) is 0.655. The molecular weight excluding hydrogens is 309 g/mol. The first-order valence-electron chi connectivity index (χ1n) is 8.10. The van der Waals surface area contributed by atoms with Crippen molar-refractivity contribution in [3.05, 3.63) is 59.4 Å². The van der Waals surface area contributed by atoms with Gasteiger partial charge in [0.15, 0.2) is 11.5 Å². The summed E-state index contributed by atoms with van der Waals surface area (Å²) in [6.45, 7) is 1.78. The van der Waals surface area contributed by atoms with Gasteiger partial charge in [0.2, 0.25) is 0 Å². The van der Waals surface area contributed by atoms with Gasteiger partial charge in [0.1, 0.15) is 12.4 Å². The van der Waals surface area contributed by atoms with Crippen molar-refractivity contribution in [2.45, 2.75) is 26.0 Å². The minimum Gasteiger partial charge on any atom is -0.493 e. The summed E-state index contributed by atoms with van der Waals surface area (Å²) in [5.74, 6) is 0.968. The molecule has 0 amide bonds. The molecule has 0 unspecified atom stereocenters. The molecule has 0 fully saturated rings. The van der Waals surface area contributed by atoms with Crippen LogP contribution in [0, 0.1) is 5.82 Å². The zero-order valence-electron chi connectivity index (χ0n) is 13.9. The van der Waals surface area contributed by atoms with E-state index in [1.807, 2.05) is 18.2 Å². The smallest absolute Gasteiger partial charge is 0.166 e. The van der Waals surface area contributed by atoms with Crippen molar-refractivity contribution < 1.29 is 19.0 Å². The average molecular weight is 333 g/mol. The molecule has 0 radical (unpaired) electrons. The highest BCUT2D eigenvalue weighted by Gasteiger charge is 2.11. The predicted molar refractivity (Wildman–Crippen MR) is 91.8 cm³/mol. The summed E-state index contributed by atoms with van der Waals surface area (Å²) >= 11 is 0. The largest absolute Gasteiger partial charge is 0.493 e. The Morgan fingerprint density at radius 3 is 2.58 bits per heavy atom. The van der Waals surface area contributed by atoms with E-state index in [2.05, 4.69) is 5.32 Å². The number of hydrogen-bond acceptors (Lipinski definition) is 4. The van der Waals surface area contributed by atoms with E-state index in [1.54, 1.807) is 25.3 Å². The van der Waals surface area contributed by atoms with Gasteiger partial charge in [0, 0.05) is 24.3 Å². The van der Waals surface area contributed by atoms with Gasteiger partial charge in [-0.25, -0.2) is 4.39 Å². The van der Waals surface area contributed by atoms with Gasteiger partial charge in [0.25, 0.3) is 0 Å². The minimum absolute atomic E-state index is 0.143. The predicted octanol–water partition coefficient (Wildman–Crippen LogP) is 3.28. The molecule has 4 nitrogen and oxygen atoms in total. The molecule has 0 atom stereocenters. The van der Waals surface area contributed by atoms with Crippen LogP contribution in [-0.4, -0.2) is 25.4 Å². The molecule has 2 rings (SSSR count). The molecule has 0 aromatic heterocycles. The zero-order valence-corrected chi connectivity index (χ0v) is 13.9. The van der Waals surface area contributed by atoms with E-state index >= 15 is 0 Å². The monoisotopic (exact) mass is 333 g/mol. The lowest BCUT2D eigenvalue weighted by atomic mass is 10.1. The number of halogens is 1.